The van der Waals surface area contributed by atoms with Crippen molar-refractivity contribution in [1.82, 2.24) is 0 Å². The van der Waals surface area contributed by atoms with Crippen molar-refractivity contribution in [3.05, 3.63) is 28.7 Å². The summed E-state index contributed by atoms with van der Waals surface area (Å²) in [7, 11) is 0. The van der Waals surface area contributed by atoms with E-state index in [9.17, 15) is 4.79 Å². The minimum Gasteiger partial charge on any atom is -0.490 e. The zero-order chi connectivity index (χ0) is 16.8. The highest BCUT2D eigenvalue weighted by molar-refractivity contribution is 9.10. The van der Waals surface area contributed by atoms with Crippen molar-refractivity contribution in [1.29, 1.82) is 0 Å². The van der Waals surface area contributed by atoms with E-state index >= 15 is 0 Å². The van der Waals surface area contributed by atoms with Gasteiger partial charge >= 0.3 is 5.97 Å². The topological polar surface area (TPSA) is 35.5 Å². The molecule has 0 saturated heterocycles. The highest BCUT2D eigenvalue weighted by Crippen LogP contribution is 2.64. The van der Waals surface area contributed by atoms with Crippen molar-refractivity contribution in [2.75, 3.05) is 13.2 Å². The summed E-state index contributed by atoms with van der Waals surface area (Å²) in [5, 5.41) is 0. The molecular formula is C19H22BrClO3. The molecule has 4 aliphatic rings. The fourth-order valence-corrected chi connectivity index (χ4v) is 6.32. The number of halogens is 2. The van der Waals surface area contributed by atoms with E-state index in [1.165, 1.54) is 6.42 Å². The lowest BCUT2D eigenvalue weighted by atomic mass is 9.49. The first-order chi connectivity index (χ1) is 11.5. The van der Waals surface area contributed by atoms with Crippen LogP contribution in [0.1, 0.15) is 38.5 Å². The zero-order valence-electron chi connectivity index (χ0n) is 13.6. The summed E-state index contributed by atoms with van der Waals surface area (Å²) in [5.74, 6) is 1.94. The maximum Gasteiger partial charge on any atom is 0.312 e. The lowest BCUT2D eigenvalue weighted by molar-refractivity contribution is -0.170. The van der Waals surface area contributed by atoms with Crippen molar-refractivity contribution in [2.24, 2.45) is 17.3 Å². The molecule has 0 aromatic heterocycles. The molecular weight excluding hydrogens is 392 g/mol. The van der Waals surface area contributed by atoms with Crippen LogP contribution >= 0.6 is 27.5 Å². The zero-order valence-corrected chi connectivity index (χ0v) is 15.9. The van der Waals surface area contributed by atoms with Crippen LogP contribution in [0.25, 0.3) is 0 Å². The number of ether oxygens (including phenoxy) is 2. The van der Waals surface area contributed by atoms with E-state index < -0.39 is 0 Å². The molecule has 2 atom stereocenters. The van der Waals surface area contributed by atoms with Crippen LogP contribution in [0.4, 0.5) is 0 Å². The third-order valence-corrected chi connectivity index (χ3v) is 6.79. The van der Waals surface area contributed by atoms with Gasteiger partial charge in [-0.2, -0.15) is 0 Å². The first-order valence-corrected chi connectivity index (χ1v) is 9.88. The van der Waals surface area contributed by atoms with Crippen molar-refractivity contribution in [3.63, 3.8) is 0 Å². The molecule has 4 bridgehead atoms. The first kappa shape index (κ1) is 16.7. The predicted molar refractivity (Wildman–Crippen MR) is 96.3 cm³/mol. The van der Waals surface area contributed by atoms with Crippen molar-refractivity contribution in [3.8, 4) is 5.75 Å². The third kappa shape index (κ3) is 3.20. The summed E-state index contributed by atoms with van der Waals surface area (Å²) in [6.07, 6.45) is 6.12. The Bertz CT molecular complexity index is 616. The molecule has 4 fully saturated rings. The summed E-state index contributed by atoms with van der Waals surface area (Å²) in [6.45, 7) is 0.670. The van der Waals surface area contributed by atoms with Gasteiger partial charge in [0, 0.05) is 9.35 Å². The number of hydrogen-bond donors (Lipinski definition) is 0. The summed E-state index contributed by atoms with van der Waals surface area (Å²) in [6, 6.07) is 7.64. The van der Waals surface area contributed by atoms with Gasteiger partial charge in [0.15, 0.2) is 0 Å². The van der Waals surface area contributed by atoms with E-state index in [1.54, 1.807) is 0 Å². The molecule has 1 aromatic carbocycles. The normalized spacial score (nSPS) is 36.6. The Morgan fingerprint density at radius 1 is 1.12 bits per heavy atom. The van der Waals surface area contributed by atoms with Gasteiger partial charge in [-0.25, -0.2) is 0 Å². The summed E-state index contributed by atoms with van der Waals surface area (Å²) in [4.78, 5) is 12.6. The summed E-state index contributed by atoms with van der Waals surface area (Å²) < 4.78 is 12.2. The molecule has 4 saturated carbocycles. The smallest absolute Gasteiger partial charge is 0.312 e. The van der Waals surface area contributed by atoms with Crippen LogP contribution in [-0.2, 0) is 9.53 Å². The van der Waals surface area contributed by atoms with Crippen molar-refractivity contribution in [2.45, 2.75) is 43.4 Å². The van der Waals surface area contributed by atoms with Crippen molar-refractivity contribution < 1.29 is 14.3 Å². The fraction of sp³-hybridized carbons (Fsp3) is 0.632. The lowest BCUT2D eigenvalue weighted by Crippen LogP contribution is -2.56. The molecule has 0 heterocycles. The van der Waals surface area contributed by atoms with E-state index in [4.69, 9.17) is 21.1 Å². The maximum absolute atomic E-state index is 12.8. The Morgan fingerprint density at radius 3 is 2.42 bits per heavy atom. The molecule has 5 rings (SSSR count). The van der Waals surface area contributed by atoms with Crippen LogP contribution in [0.5, 0.6) is 5.75 Å². The van der Waals surface area contributed by atoms with Gasteiger partial charge in [0.05, 0.1) is 5.41 Å². The summed E-state index contributed by atoms with van der Waals surface area (Å²) in [5.41, 5.74) is -0.330. The minimum absolute atomic E-state index is 0.0546. The molecule has 0 unspecified atom stereocenters. The van der Waals surface area contributed by atoms with Gasteiger partial charge in [-0.3, -0.25) is 4.79 Å². The van der Waals surface area contributed by atoms with E-state index in [0.717, 1.165) is 42.3 Å². The van der Waals surface area contributed by atoms with Gasteiger partial charge in [-0.15, -0.1) is 11.6 Å². The molecule has 0 amide bonds. The maximum atomic E-state index is 12.8. The van der Waals surface area contributed by atoms with Crippen LogP contribution in [0, 0.1) is 17.3 Å². The van der Waals surface area contributed by atoms with Gasteiger partial charge in [0.1, 0.15) is 19.0 Å². The Morgan fingerprint density at radius 2 is 1.79 bits per heavy atom. The molecule has 130 valence electrons. The number of hydrogen-bond acceptors (Lipinski definition) is 3. The average Bonchev–Trinajstić information content (AvgIpc) is 2.50. The molecule has 24 heavy (non-hydrogen) atoms. The van der Waals surface area contributed by atoms with Gasteiger partial charge in [-0.05, 0) is 74.6 Å². The molecule has 3 nitrogen and oxygen atoms in total. The monoisotopic (exact) mass is 412 g/mol. The quantitative estimate of drug-likeness (QED) is 0.389. The van der Waals surface area contributed by atoms with E-state index in [-0.39, 0.29) is 16.3 Å². The first-order valence-electron chi connectivity index (χ1n) is 8.71. The third-order valence-electron chi connectivity index (χ3n) is 5.82. The van der Waals surface area contributed by atoms with Crippen LogP contribution in [-0.4, -0.2) is 24.1 Å². The van der Waals surface area contributed by atoms with Crippen LogP contribution < -0.4 is 4.74 Å². The van der Waals surface area contributed by atoms with E-state index in [0.29, 0.717) is 25.0 Å². The fourth-order valence-electron chi connectivity index (χ4n) is 5.37. The lowest BCUT2D eigenvalue weighted by Gasteiger charge is -2.58. The van der Waals surface area contributed by atoms with Crippen LogP contribution in [0.15, 0.2) is 28.7 Å². The number of esters is 1. The van der Waals surface area contributed by atoms with Crippen molar-refractivity contribution >= 4 is 33.5 Å². The number of benzene rings is 1. The van der Waals surface area contributed by atoms with Gasteiger partial charge in [-0.1, -0.05) is 15.9 Å². The second-order valence-electron chi connectivity index (χ2n) is 7.83. The Hall–Kier alpha value is -0.740. The SMILES string of the molecule is O=C(OCCOc1ccc(Br)cc1)C12C[C@H]3C[C@@H](CC(Cl)(C3)C1)C2. The van der Waals surface area contributed by atoms with Crippen LogP contribution in [0.2, 0.25) is 0 Å². The molecule has 0 radical (unpaired) electrons. The highest BCUT2D eigenvalue weighted by Gasteiger charge is 2.60. The molecule has 0 N–H and O–H groups in total. The van der Waals surface area contributed by atoms with Gasteiger partial charge < -0.3 is 9.47 Å². The van der Waals surface area contributed by atoms with E-state index in [2.05, 4.69) is 15.9 Å². The van der Waals surface area contributed by atoms with Crippen LogP contribution in [0.3, 0.4) is 0 Å². The Balaban J connectivity index is 1.31. The van der Waals surface area contributed by atoms with Gasteiger partial charge in [0.25, 0.3) is 0 Å². The Kier molecular flexibility index (Phi) is 4.32. The molecule has 5 heteroatoms. The highest BCUT2D eigenvalue weighted by atomic mass is 79.9. The average molecular weight is 414 g/mol. The van der Waals surface area contributed by atoms with E-state index in [1.807, 2.05) is 24.3 Å². The predicted octanol–water partition coefficient (Wildman–Crippen LogP) is 4.95. The molecule has 0 spiro atoms. The summed E-state index contributed by atoms with van der Waals surface area (Å²) >= 11 is 10.2. The molecule has 1 aromatic rings. The standard InChI is InChI=1S/C19H22BrClO3/c20-15-1-3-16(4-2-15)23-5-6-24-17(22)18-8-13-7-14(9-18)11-19(21,10-13)12-18/h1-4,13-14H,5-12H2/t13-,14-,18?,19?/m1/s1. The number of alkyl halides is 1. The number of carbonyl (C=O) groups is 1. The minimum atomic E-state index is -0.330. The second-order valence-corrected chi connectivity index (χ2v) is 9.55. The largest absolute Gasteiger partial charge is 0.490 e. The molecule has 0 aliphatic heterocycles. The second kappa shape index (κ2) is 6.21. The molecule has 4 aliphatic carbocycles. The Labute approximate surface area is 156 Å². The number of rotatable bonds is 5. The number of carbonyl (C=O) groups excluding carboxylic acids is 1. The van der Waals surface area contributed by atoms with Gasteiger partial charge in [0.2, 0.25) is 0 Å².